The molecule has 1 heterocycles. The topological polar surface area (TPSA) is 39.1 Å². The van der Waals surface area contributed by atoms with Gasteiger partial charge in [0, 0.05) is 16.1 Å². The molecule has 1 aromatic heterocycles. The molecule has 0 aliphatic carbocycles. The third-order valence-electron chi connectivity index (χ3n) is 3.36. The molecule has 0 bridgehead atoms. The highest BCUT2D eigenvalue weighted by Gasteiger charge is 2.22. The Morgan fingerprint density at radius 1 is 1.18 bits per heavy atom. The highest BCUT2D eigenvalue weighted by atomic mass is 79.9. The molecule has 3 aromatic rings. The smallest absolute Gasteiger partial charge is 0.238 e. The minimum atomic E-state index is -3.88. The summed E-state index contributed by atoms with van der Waals surface area (Å²) >= 11 is 9.16. The van der Waals surface area contributed by atoms with E-state index in [0.29, 0.717) is 9.86 Å². The van der Waals surface area contributed by atoms with Crippen LogP contribution in [0.2, 0.25) is 5.02 Å². The summed E-state index contributed by atoms with van der Waals surface area (Å²) in [5.41, 5.74) is 0.911. The Labute approximate surface area is 140 Å². The van der Waals surface area contributed by atoms with Crippen LogP contribution in [0.3, 0.4) is 0 Å². The Kier molecular flexibility index (Phi) is 3.79. The fraction of sp³-hybridized carbons (Fsp3) is 0.0667. The van der Waals surface area contributed by atoms with Crippen LogP contribution in [-0.2, 0) is 10.0 Å². The number of fused-ring (bicyclic) bond motifs is 1. The van der Waals surface area contributed by atoms with E-state index in [2.05, 4.69) is 15.9 Å². The lowest BCUT2D eigenvalue weighted by Gasteiger charge is -2.09. The minimum absolute atomic E-state index is 0.0307. The second kappa shape index (κ2) is 5.37. The summed E-state index contributed by atoms with van der Waals surface area (Å²) in [5.74, 6) is -0.691. The first-order valence-corrected chi connectivity index (χ1v) is 8.90. The van der Waals surface area contributed by atoms with Crippen LogP contribution in [0.25, 0.3) is 10.9 Å². The molecule has 0 saturated carbocycles. The Bertz CT molecular complexity index is 981. The van der Waals surface area contributed by atoms with Crippen molar-refractivity contribution in [2.75, 3.05) is 0 Å². The highest BCUT2D eigenvalue weighted by molar-refractivity contribution is 9.10. The number of aromatic nitrogens is 1. The Hall–Kier alpha value is -1.37. The van der Waals surface area contributed by atoms with Crippen LogP contribution in [0.15, 0.2) is 52.0 Å². The fourth-order valence-corrected chi connectivity index (χ4v) is 4.21. The molecule has 3 nitrogen and oxygen atoms in total. The van der Waals surface area contributed by atoms with Crippen LogP contribution >= 0.6 is 27.5 Å². The molecule has 0 aliphatic rings. The lowest BCUT2D eigenvalue weighted by molar-refractivity contribution is 0.586. The van der Waals surface area contributed by atoms with Crippen LogP contribution in [-0.4, -0.2) is 12.4 Å². The van der Waals surface area contributed by atoms with Gasteiger partial charge in [-0.3, -0.25) is 0 Å². The first-order valence-electron chi connectivity index (χ1n) is 6.29. The van der Waals surface area contributed by atoms with Crippen molar-refractivity contribution in [2.45, 2.75) is 11.8 Å². The van der Waals surface area contributed by atoms with Gasteiger partial charge in [-0.15, -0.1) is 0 Å². The van der Waals surface area contributed by atoms with E-state index >= 15 is 0 Å². The highest BCUT2D eigenvalue weighted by Crippen LogP contribution is 2.35. The molecule has 0 amide bonds. The van der Waals surface area contributed by atoms with Gasteiger partial charge in [-0.1, -0.05) is 29.3 Å². The van der Waals surface area contributed by atoms with Crippen LogP contribution in [0.4, 0.5) is 4.39 Å². The van der Waals surface area contributed by atoms with Crippen LogP contribution in [0.1, 0.15) is 5.56 Å². The second-order valence-electron chi connectivity index (χ2n) is 4.85. The van der Waals surface area contributed by atoms with Crippen LogP contribution in [0, 0.1) is 12.7 Å². The zero-order valence-corrected chi connectivity index (χ0v) is 14.5. The van der Waals surface area contributed by atoms with Gasteiger partial charge in [0.25, 0.3) is 10.0 Å². The van der Waals surface area contributed by atoms with Gasteiger partial charge < -0.3 is 0 Å². The van der Waals surface area contributed by atoms with E-state index in [0.717, 1.165) is 15.6 Å². The number of benzene rings is 2. The van der Waals surface area contributed by atoms with Crippen molar-refractivity contribution in [3.05, 3.63) is 63.5 Å². The average molecular weight is 403 g/mol. The third kappa shape index (κ3) is 2.35. The molecule has 0 atom stereocenters. The van der Waals surface area contributed by atoms with Crippen molar-refractivity contribution in [1.82, 2.24) is 3.97 Å². The summed E-state index contributed by atoms with van der Waals surface area (Å²) in [7, 11) is -3.88. The number of aryl methyl sites for hydroxylation is 1. The van der Waals surface area contributed by atoms with Crippen molar-refractivity contribution >= 4 is 48.5 Å². The first kappa shape index (κ1) is 15.5. The lowest BCUT2D eigenvalue weighted by atomic mass is 10.2. The molecule has 3 rings (SSSR count). The zero-order valence-electron chi connectivity index (χ0n) is 11.3. The summed E-state index contributed by atoms with van der Waals surface area (Å²) in [4.78, 5) is 0.0982. The molecule has 0 saturated heterocycles. The summed E-state index contributed by atoms with van der Waals surface area (Å²) in [6, 6.07) is 9.00. The van der Waals surface area contributed by atoms with E-state index < -0.39 is 15.8 Å². The molecule has 0 radical (unpaired) electrons. The number of rotatable bonds is 2. The molecular formula is C15H10BrClFNO2S. The van der Waals surface area contributed by atoms with E-state index in [1.165, 1.54) is 24.4 Å². The normalized spacial score (nSPS) is 12.0. The lowest BCUT2D eigenvalue weighted by Crippen LogP contribution is -2.12. The van der Waals surface area contributed by atoms with Gasteiger partial charge in [0.1, 0.15) is 11.3 Å². The Morgan fingerprint density at radius 2 is 1.82 bits per heavy atom. The predicted octanol–water partition coefficient (Wildman–Crippen LogP) is 4.74. The van der Waals surface area contributed by atoms with Gasteiger partial charge in [-0.25, -0.2) is 16.8 Å². The van der Waals surface area contributed by atoms with E-state index in [4.69, 9.17) is 11.6 Å². The van der Waals surface area contributed by atoms with Crippen molar-refractivity contribution < 1.29 is 12.8 Å². The molecule has 0 fully saturated rings. The van der Waals surface area contributed by atoms with Crippen molar-refractivity contribution in [3.63, 3.8) is 0 Å². The molecular weight excluding hydrogens is 393 g/mol. The largest absolute Gasteiger partial charge is 0.268 e. The quantitative estimate of drug-likeness (QED) is 0.581. The first-order chi connectivity index (χ1) is 10.3. The van der Waals surface area contributed by atoms with Gasteiger partial charge in [-0.2, -0.15) is 0 Å². The maximum absolute atomic E-state index is 14.2. The molecule has 0 spiro atoms. The van der Waals surface area contributed by atoms with E-state index in [1.807, 2.05) is 6.92 Å². The Balaban J connectivity index is 2.31. The average Bonchev–Trinajstić information content (AvgIpc) is 2.91. The number of nitrogens with zero attached hydrogens (tertiary/aromatic N) is 1. The van der Waals surface area contributed by atoms with E-state index in [-0.39, 0.29) is 15.4 Å². The van der Waals surface area contributed by atoms with E-state index in [9.17, 15) is 12.8 Å². The molecule has 2 aromatic carbocycles. The van der Waals surface area contributed by atoms with Gasteiger partial charge in [0.2, 0.25) is 0 Å². The van der Waals surface area contributed by atoms with Crippen molar-refractivity contribution in [2.24, 2.45) is 0 Å². The van der Waals surface area contributed by atoms with Crippen LogP contribution < -0.4 is 0 Å². The number of hydrogen-bond donors (Lipinski definition) is 0. The van der Waals surface area contributed by atoms with Crippen molar-refractivity contribution in [1.29, 1.82) is 0 Å². The Morgan fingerprint density at radius 3 is 2.45 bits per heavy atom. The zero-order chi connectivity index (χ0) is 16.1. The molecule has 114 valence electrons. The standard InChI is InChI=1S/C15H10BrClFNO2S/c1-9-2-4-10(5-3-9)22(20,21)19-7-6-11-14(16)12(17)8-13(18)15(11)19/h2-8H,1H3. The van der Waals surface area contributed by atoms with Gasteiger partial charge in [0.05, 0.1) is 9.92 Å². The SMILES string of the molecule is Cc1ccc(S(=O)(=O)n2ccc3c(Br)c(Cl)cc(F)c32)cc1. The van der Waals surface area contributed by atoms with Gasteiger partial charge in [0.15, 0.2) is 0 Å². The van der Waals surface area contributed by atoms with Gasteiger partial charge >= 0.3 is 0 Å². The molecule has 7 heteroatoms. The maximum Gasteiger partial charge on any atom is 0.268 e. The fourth-order valence-electron chi connectivity index (χ4n) is 2.22. The van der Waals surface area contributed by atoms with Crippen molar-refractivity contribution in [3.8, 4) is 0 Å². The summed E-state index contributed by atoms with van der Waals surface area (Å²) in [6.07, 6.45) is 1.32. The van der Waals surface area contributed by atoms with E-state index in [1.54, 1.807) is 12.1 Å². The number of hydrogen-bond acceptors (Lipinski definition) is 2. The second-order valence-corrected chi connectivity index (χ2v) is 7.86. The monoisotopic (exact) mass is 401 g/mol. The predicted molar refractivity (Wildman–Crippen MR) is 88.4 cm³/mol. The summed E-state index contributed by atoms with van der Waals surface area (Å²) in [5, 5.41) is 0.594. The summed E-state index contributed by atoms with van der Waals surface area (Å²) in [6.45, 7) is 1.86. The minimum Gasteiger partial charge on any atom is -0.238 e. The number of halogens is 3. The molecule has 22 heavy (non-hydrogen) atoms. The molecule has 0 aliphatic heterocycles. The molecule has 0 N–H and O–H groups in total. The maximum atomic E-state index is 14.2. The molecule has 0 unspecified atom stereocenters. The van der Waals surface area contributed by atoms with Crippen LogP contribution in [0.5, 0.6) is 0 Å². The third-order valence-corrected chi connectivity index (χ3v) is 6.43. The van der Waals surface area contributed by atoms with Gasteiger partial charge in [-0.05, 0) is 47.1 Å². The summed E-state index contributed by atoms with van der Waals surface area (Å²) < 4.78 is 41.1.